The summed E-state index contributed by atoms with van der Waals surface area (Å²) in [7, 11) is 0. The molecule has 0 radical (unpaired) electrons. The summed E-state index contributed by atoms with van der Waals surface area (Å²) in [5, 5.41) is 16.3. The largest absolute Gasteiger partial charge is 0.456 e. The van der Waals surface area contributed by atoms with Gasteiger partial charge in [-0.15, -0.1) is 0 Å². The molecule has 0 bridgehead atoms. The number of benzene rings is 3. The predicted octanol–water partition coefficient (Wildman–Crippen LogP) is 5.25. The molecule has 152 valence electrons. The van der Waals surface area contributed by atoms with Crippen LogP contribution in [0, 0.1) is 10.1 Å². The summed E-state index contributed by atoms with van der Waals surface area (Å²) < 4.78 is 5.66. The number of anilines is 2. The lowest BCUT2D eigenvalue weighted by Crippen LogP contribution is -2.12. The average Bonchev–Trinajstić information content (AvgIpc) is 2.70. The number of hydrogen-bond donors (Lipinski definition) is 2. The Kier molecular flexibility index (Phi) is 6.29. The van der Waals surface area contributed by atoms with Gasteiger partial charge in [0.05, 0.1) is 9.95 Å². The minimum absolute atomic E-state index is 0.0818. The summed E-state index contributed by atoms with van der Waals surface area (Å²) in [6.07, 6.45) is 0. The SMILES string of the molecule is CC(=O)Nc1ccc(NC(=O)c2cccc(Oc3ccc([N+](=O)[O-])cc3Cl)c2)cc1. The average molecular weight is 426 g/mol. The number of nitro groups is 1. The molecule has 2 amide bonds. The first kappa shape index (κ1) is 20.8. The first-order valence-corrected chi connectivity index (χ1v) is 9.10. The fourth-order valence-corrected chi connectivity index (χ4v) is 2.77. The van der Waals surface area contributed by atoms with Crippen LogP contribution >= 0.6 is 11.6 Å². The van der Waals surface area contributed by atoms with Crippen LogP contribution in [0.2, 0.25) is 5.02 Å². The van der Waals surface area contributed by atoms with Gasteiger partial charge >= 0.3 is 0 Å². The Morgan fingerprint density at radius 2 is 1.63 bits per heavy atom. The van der Waals surface area contributed by atoms with Crippen LogP contribution in [-0.2, 0) is 4.79 Å². The first-order chi connectivity index (χ1) is 14.3. The van der Waals surface area contributed by atoms with Gasteiger partial charge < -0.3 is 15.4 Å². The lowest BCUT2D eigenvalue weighted by atomic mass is 10.2. The molecule has 0 aliphatic rings. The molecular weight excluding hydrogens is 410 g/mol. The highest BCUT2D eigenvalue weighted by Crippen LogP contribution is 2.32. The van der Waals surface area contributed by atoms with E-state index < -0.39 is 4.92 Å². The van der Waals surface area contributed by atoms with E-state index >= 15 is 0 Å². The van der Waals surface area contributed by atoms with Crippen molar-refractivity contribution in [3.63, 3.8) is 0 Å². The number of non-ortho nitro benzene ring substituents is 1. The maximum absolute atomic E-state index is 12.5. The summed E-state index contributed by atoms with van der Waals surface area (Å²) in [6.45, 7) is 1.41. The Labute approximate surface area is 176 Å². The van der Waals surface area contributed by atoms with E-state index in [2.05, 4.69) is 10.6 Å². The second kappa shape index (κ2) is 9.06. The van der Waals surface area contributed by atoms with Gasteiger partial charge in [-0.05, 0) is 48.5 Å². The third kappa shape index (κ3) is 5.33. The zero-order valence-electron chi connectivity index (χ0n) is 15.7. The zero-order chi connectivity index (χ0) is 21.7. The minimum atomic E-state index is -0.552. The van der Waals surface area contributed by atoms with Crippen molar-refractivity contribution in [1.29, 1.82) is 0 Å². The molecule has 3 rings (SSSR count). The Balaban J connectivity index is 1.71. The van der Waals surface area contributed by atoms with E-state index in [1.54, 1.807) is 42.5 Å². The predicted molar refractivity (Wildman–Crippen MR) is 113 cm³/mol. The molecule has 0 aromatic heterocycles. The minimum Gasteiger partial charge on any atom is -0.456 e. The topological polar surface area (TPSA) is 111 Å². The van der Waals surface area contributed by atoms with Gasteiger partial charge in [0.25, 0.3) is 11.6 Å². The van der Waals surface area contributed by atoms with Gasteiger partial charge in [0.1, 0.15) is 11.5 Å². The summed E-state index contributed by atoms with van der Waals surface area (Å²) in [5.74, 6) is 0.0343. The number of carbonyl (C=O) groups is 2. The fourth-order valence-electron chi connectivity index (χ4n) is 2.56. The molecule has 9 heteroatoms. The third-order valence-corrected chi connectivity index (χ3v) is 4.21. The van der Waals surface area contributed by atoms with Gasteiger partial charge in [0.2, 0.25) is 5.91 Å². The van der Waals surface area contributed by atoms with Gasteiger partial charge in [0.15, 0.2) is 0 Å². The molecule has 0 aliphatic heterocycles. The molecule has 30 heavy (non-hydrogen) atoms. The van der Waals surface area contributed by atoms with Crippen LogP contribution in [0.3, 0.4) is 0 Å². The van der Waals surface area contributed by atoms with Gasteiger partial charge in [-0.1, -0.05) is 17.7 Å². The van der Waals surface area contributed by atoms with E-state index in [9.17, 15) is 19.7 Å². The lowest BCUT2D eigenvalue weighted by Gasteiger charge is -2.10. The van der Waals surface area contributed by atoms with Gasteiger partial charge in [-0.3, -0.25) is 19.7 Å². The van der Waals surface area contributed by atoms with Crippen molar-refractivity contribution in [3.05, 3.63) is 87.4 Å². The zero-order valence-corrected chi connectivity index (χ0v) is 16.5. The van der Waals surface area contributed by atoms with E-state index in [0.717, 1.165) is 0 Å². The van der Waals surface area contributed by atoms with Gasteiger partial charge in [-0.2, -0.15) is 0 Å². The second-order valence-corrected chi connectivity index (χ2v) is 6.62. The van der Waals surface area contributed by atoms with Crippen LogP contribution in [0.1, 0.15) is 17.3 Å². The molecule has 0 saturated carbocycles. The molecule has 0 spiro atoms. The van der Waals surface area contributed by atoms with Crippen molar-refractivity contribution in [3.8, 4) is 11.5 Å². The highest BCUT2D eigenvalue weighted by Gasteiger charge is 2.12. The number of halogens is 1. The van der Waals surface area contributed by atoms with Crippen LogP contribution in [0.5, 0.6) is 11.5 Å². The molecule has 3 aromatic rings. The van der Waals surface area contributed by atoms with Crippen molar-refractivity contribution in [2.24, 2.45) is 0 Å². The van der Waals surface area contributed by atoms with E-state index in [4.69, 9.17) is 16.3 Å². The number of nitrogens with zero attached hydrogens (tertiary/aromatic N) is 1. The van der Waals surface area contributed by atoms with E-state index in [1.807, 2.05) is 0 Å². The number of amides is 2. The van der Waals surface area contributed by atoms with Gasteiger partial charge in [0, 0.05) is 36.0 Å². The van der Waals surface area contributed by atoms with Crippen LogP contribution in [0.15, 0.2) is 66.7 Å². The molecule has 0 atom stereocenters. The molecule has 0 saturated heterocycles. The summed E-state index contributed by atoms with van der Waals surface area (Å²) >= 11 is 6.04. The molecule has 8 nitrogen and oxygen atoms in total. The standard InChI is InChI=1S/C21H16ClN3O5/c1-13(26)23-15-5-7-16(8-6-15)24-21(27)14-3-2-4-18(11-14)30-20-10-9-17(25(28)29)12-19(20)22/h2-12H,1H3,(H,23,26)(H,24,27). The van der Waals surface area contributed by atoms with Crippen molar-refractivity contribution in [2.45, 2.75) is 6.92 Å². The normalized spacial score (nSPS) is 10.2. The van der Waals surface area contributed by atoms with Crippen LogP contribution in [0.4, 0.5) is 17.1 Å². The fraction of sp³-hybridized carbons (Fsp3) is 0.0476. The molecule has 0 fully saturated rings. The number of carbonyl (C=O) groups excluding carboxylic acids is 2. The summed E-state index contributed by atoms with van der Waals surface area (Å²) in [5.41, 5.74) is 1.37. The molecule has 0 unspecified atom stereocenters. The quantitative estimate of drug-likeness (QED) is 0.414. The molecule has 3 aromatic carbocycles. The summed E-state index contributed by atoms with van der Waals surface area (Å²) in [6, 6.07) is 17.0. The monoisotopic (exact) mass is 425 g/mol. The smallest absolute Gasteiger partial charge is 0.271 e. The Hall–Kier alpha value is -3.91. The lowest BCUT2D eigenvalue weighted by molar-refractivity contribution is -0.384. The van der Waals surface area contributed by atoms with E-state index in [0.29, 0.717) is 22.7 Å². The molecule has 2 N–H and O–H groups in total. The Morgan fingerprint density at radius 3 is 2.23 bits per heavy atom. The van der Waals surface area contributed by atoms with Crippen LogP contribution in [-0.4, -0.2) is 16.7 Å². The molecular formula is C21H16ClN3O5. The van der Waals surface area contributed by atoms with Crippen molar-refractivity contribution >= 4 is 40.5 Å². The van der Waals surface area contributed by atoms with Crippen molar-refractivity contribution in [2.75, 3.05) is 10.6 Å². The summed E-state index contributed by atoms with van der Waals surface area (Å²) in [4.78, 5) is 33.8. The number of ether oxygens (including phenoxy) is 1. The number of nitrogens with one attached hydrogen (secondary N) is 2. The van der Waals surface area contributed by atoms with E-state index in [1.165, 1.54) is 31.2 Å². The van der Waals surface area contributed by atoms with Crippen LogP contribution in [0.25, 0.3) is 0 Å². The maximum Gasteiger partial charge on any atom is 0.271 e. The van der Waals surface area contributed by atoms with Crippen LogP contribution < -0.4 is 15.4 Å². The third-order valence-electron chi connectivity index (χ3n) is 3.91. The number of hydrogen-bond acceptors (Lipinski definition) is 5. The second-order valence-electron chi connectivity index (χ2n) is 6.21. The van der Waals surface area contributed by atoms with Gasteiger partial charge in [-0.25, -0.2) is 0 Å². The molecule has 0 heterocycles. The maximum atomic E-state index is 12.5. The highest BCUT2D eigenvalue weighted by molar-refractivity contribution is 6.32. The number of nitro benzene ring substituents is 1. The molecule has 0 aliphatic carbocycles. The highest BCUT2D eigenvalue weighted by atomic mass is 35.5. The van der Waals surface area contributed by atoms with Crippen molar-refractivity contribution < 1.29 is 19.2 Å². The Morgan fingerprint density at radius 1 is 0.967 bits per heavy atom. The van der Waals surface area contributed by atoms with Crippen molar-refractivity contribution in [1.82, 2.24) is 0 Å². The van der Waals surface area contributed by atoms with E-state index in [-0.39, 0.29) is 28.3 Å². The number of rotatable bonds is 6. The first-order valence-electron chi connectivity index (χ1n) is 8.73. The Bertz CT molecular complexity index is 1120.